The molecule has 0 aromatic heterocycles. The van der Waals surface area contributed by atoms with Crippen LogP contribution in [-0.2, 0) is 0 Å². The van der Waals surface area contributed by atoms with Gasteiger partial charge in [-0.2, -0.15) is 10.3 Å². The Kier molecular flexibility index (Phi) is 2.65. The summed E-state index contributed by atoms with van der Waals surface area (Å²) in [7, 11) is 0. The summed E-state index contributed by atoms with van der Waals surface area (Å²) in [5.74, 6) is -0.446. The van der Waals surface area contributed by atoms with Gasteiger partial charge in [-0.1, -0.05) is 0 Å². The second kappa shape index (κ2) is 3.72. The second-order valence-corrected chi connectivity index (χ2v) is 2.16. The van der Waals surface area contributed by atoms with E-state index in [1.165, 1.54) is 12.1 Å². The lowest BCUT2D eigenvalue weighted by Gasteiger charge is -1.93. The third-order valence-corrected chi connectivity index (χ3v) is 1.34. The molecule has 4 heteroatoms. The third kappa shape index (κ3) is 1.73. The minimum Gasteiger partial charge on any atom is -0.207 e. The topological polar surface area (TPSA) is 36.1 Å². The Bertz CT molecular complexity index is 389. The molecule has 0 saturated carbocycles. The number of thiocarbonyl (C=S) groups is 1. The number of hydrogen-bond donors (Lipinski definition) is 0. The van der Waals surface area contributed by atoms with Crippen LogP contribution in [-0.4, -0.2) is 5.16 Å². The second-order valence-electron chi connectivity index (χ2n) is 1.98. The number of nitriles is 1. The van der Waals surface area contributed by atoms with E-state index in [9.17, 15) is 4.39 Å². The highest BCUT2D eigenvalue weighted by molar-refractivity contribution is 7.78. The summed E-state index contributed by atoms with van der Waals surface area (Å²) in [6, 6.07) is 5.54. The molecule has 0 aliphatic rings. The molecule has 58 valence electrons. The zero-order chi connectivity index (χ0) is 8.97. The Hall–Kier alpha value is -1.56. The zero-order valence-corrected chi connectivity index (χ0v) is 6.73. The molecule has 0 saturated heterocycles. The lowest BCUT2D eigenvalue weighted by atomic mass is 10.2. The van der Waals surface area contributed by atoms with Gasteiger partial charge < -0.3 is 0 Å². The van der Waals surface area contributed by atoms with Gasteiger partial charge in [0.2, 0.25) is 0 Å². The van der Waals surface area contributed by atoms with Gasteiger partial charge >= 0.3 is 0 Å². The highest BCUT2D eigenvalue weighted by Crippen LogP contribution is 2.18. The van der Waals surface area contributed by atoms with Gasteiger partial charge in [-0.25, -0.2) is 4.39 Å². The minimum absolute atomic E-state index is 0.215. The van der Waals surface area contributed by atoms with Crippen molar-refractivity contribution >= 4 is 23.1 Å². The van der Waals surface area contributed by atoms with E-state index in [1.807, 2.05) is 6.07 Å². The predicted molar refractivity (Wildman–Crippen MR) is 45.8 cm³/mol. The van der Waals surface area contributed by atoms with Gasteiger partial charge in [0.05, 0.1) is 16.4 Å². The van der Waals surface area contributed by atoms with Gasteiger partial charge in [0, 0.05) is 6.07 Å². The van der Waals surface area contributed by atoms with Crippen LogP contribution in [0.1, 0.15) is 5.56 Å². The van der Waals surface area contributed by atoms with E-state index >= 15 is 0 Å². The first kappa shape index (κ1) is 8.54. The van der Waals surface area contributed by atoms with Gasteiger partial charge in [0.25, 0.3) is 0 Å². The van der Waals surface area contributed by atoms with Crippen LogP contribution in [0.4, 0.5) is 10.1 Å². The molecule has 1 aromatic rings. The maximum atomic E-state index is 12.6. The zero-order valence-electron chi connectivity index (χ0n) is 5.91. The van der Waals surface area contributed by atoms with Crippen molar-refractivity contribution in [3.05, 3.63) is 29.6 Å². The first-order chi connectivity index (χ1) is 5.77. The molecule has 0 atom stereocenters. The Morgan fingerprint density at radius 1 is 1.50 bits per heavy atom. The van der Waals surface area contributed by atoms with E-state index in [2.05, 4.69) is 22.4 Å². The summed E-state index contributed by atoms with van der Waals surface area (Å²) in [4.78, 5) is 3.54. The molecule has 0 aliphatic carbocycles. The molecule has 1 rings (SSSR count). The molecule has 0 unspecified atom stereocenters. The van der Waals surface area contributed by atoms with Gasteiger partial charge in [-0.3, -0.25) is 0 Å². The predicted octanol–water partition coefficient (Wildman–Crippen LogP) is 2.43. The van der Waals surface area contributed by atoms with Crippen molar-refractivity contribution in [1.29, 1.82) is 5.26 Å². The number of rotatable bonds is 1. The van der Waals surface area contributed by atoms with Crippen molar-refractivity contribution in [3.8, 4) is 6.07 Å². The van der Waals surface area contributed by atoms with Crippen LogP contribution in [0.3, 0.4) is 0 Å². The normalized spacial score (nSPS) is 8.33. The number of aliphatic imine (C=N–C) groups is 1. The number of nitrogens with zero attached hydrogens (tertiary/aromatic N) is 2. The quantitative estimate of drug-likeness (QED) is 0.489. The van der Waals surface area contributed by atoms with Crippen molar-refractivity contribution in [3.63, 3.8) is 0 Å². The number of benzene rings is 1. The molecule has 0 bridgehead atoms. The molecule has 1 aromatic carbocycles. The Morgan fingerprint density at radius 2 is 2.25 bits per heavy atom. The van der Waals surface area contributed by atoms with Crippen LogP contribution in [0.25, 0.3) is 0 Å². The van der Waals surface area contributed by atoms with E-state index in [-0.39, 0.29) is 11.3 Å². The summed E-state index contributed by atoms with van der Waals surface area (Å²) in [5, 5.41) is 10.6. The fraction of sp³-hybridized carbons (Fsp3) is 0. The maximum absolute atomic E-state index is 12.6. The van der Waals surface area contributed by atoms with Crippen LogP contribution >= 0.6 is 12.2 Å². The smallest absolute Gasteiger partial charge is 0.125 e. The van der Waals surface area contributed by atoms with E-state index in [4.69, 9.17) is 5.26 Å². The number of hydrogen-bond acceptors (Lipinski definition) is 3. The molecule has 0 heterocycles. The van der Waals surface area contributed by atoms with Crippen molar-refractivity contribution < 1.29 is 4.39 Å². The first-order valence-electron chi connectivity index (χ1n) is 3.05. The standard InChI is InChI=1S/C8H3FN2S/c9-7-2-1-6(4-10)8(3-7)11-5-12/h1-3H. The molecular formula is C8H3FN2S. The molecule has 2 nitrogen and oxygen atoms in total. The third-order valence-electron chi connectivity index (χ3n) is 1.25. The monoisotopic (exact) mass is 178 g/mol. The van der Waals surface area contributed by atoms with Gasteiger partial charge in [-0.05, 0) is 24.4 Å². The SMILES string of the molecule is N#Cc1ccc(F)cc1N=C=S. The largest absolute Gasteiger partial charge is 0.207 e. The fourth-order valence-corrected chi connectivity index (χ4v) is 0.839. The first-order valence-corrected chi connectivity index (χ1v) is 3.46. The van der Waals surface area contributed by atoms with Crippen molar-refractivity contribution in [1.82, 2.24) is 0 Å². The highest BCUT2D eigenvalue weighted by atomic mass is 32.1. The van der Waals surface area contributed by atoms with Crippen LogP contribution in [0.15, 0.2) is 23.2 Å². The van der Waals surface area contributed by atoms with Gasteiger partial charge in [0.1, 0.15) is 11.9 Å². The number of halogens is 1. The van der Waals surface area contributed by atoms with E-state index in [0.29, 0.717) is 0 Å². The van der Waals surface area contributed by atoms with Gasteiger partial charge in [-0.15, -0.1) is 0 Å². The van der Waals surface area contributed by atoms with Crippen molar-refractivity contribution in [2.24, 2.45) is 4.99 Å². The average Bonchev–Trinajstić information content (AvgIpc) is 2.05. The van der Waals surface area contributed by atoms with E-state index < -0.39 is 5.82 Å². The van der Waals surface area contributed by atoms with E-state index in [1.54, 1.807) is 0 Å². The molecular weight excluding hydrogens is 175 g/mol. The maximum Gasteiger partial charge on any atom is 0.125 e. The Balaban J connectivity index is 3.33. The minimum atomic E-state index is -0.446. The lowest BCUT2D eigenvalue weighted by Crippen LogP contribution is -1.78. The molecule has 0 fully saturated rings. The molecule has 0 amide bonds. The summed E-state index contributed by atoms with van der Waals surface area (Å²) < 4.78 is 12.6. The molecule has 0 spiro atoms. The summed E-state index contributed by atoms with van der Waals surface area (Å²) in [6.07, 6.45) is 0. The van der Waals surface area contributed by atoms with Crippen molar-refractivity contribution in [2.75, 3.05) is 0 Å². The fourth-order valence-electron chi connectivity index (χ4n) is 0.741. The average molecular weight is 178 g/mol. The van der Waals surface area contributed by atoms with Crippen LogP contribution in [0, 0.1) is 17.1 Å². The molecule has 0 aliphatic heterocycles. The van der Waals surface area contributed by atoms with Crippen molar-refractivity contribution in [2.45, 2.75) is 0 Å². The molecule has 12 heavy (non-hydrogen) atoms. The highest BCUT2D eigenvalue weighted by Gasteiger charge is 2.00. The number of isothiocyanates is 1. The van der Waals surface area contributed by atoms with E-state index in [0.717, 1.165) is 6.07 Å². The van der Waals surface area contributed by atoms with Crippen LogP contribution in [0.5, 0.6) is 0 Å². The summed E-state index contributed by atoms with van der Waals surface area (Å²) in [5.41, 5.74) is 0.501. The summed E-state index contributed by atoms with van der Waals surface area (Å²) in [6.45, 7) is 0. The Labute approximate surface area is 74.0 Å². The molecule has 0 radical (unpaired) electrons. The lowest BCUT2D eigenvalue weighted by molar-refractivity contribution is 0.628. The summed E-state index contributed by atoms with van der Waals surface area (Å²) >= 11 is 4.34. The van der Waals surface area contributed by atoms with Crippen LogP contribution in [0.2, 0.25) is 0 Å². The van der Waals surface area contributed by atoms with Gasteiger partial charge in [0.15, 0.2) is 0 Å². The van der Waals surface area contributed by atoms with Crippen LogP contribution < -0.4 is 0 Å². The molecule has 0 N–H and O–H groups in total. The Morgan fingerprint density at radius 3 is 2.83 bits per heavy atom.